The lowest BCUT2D eigenvalue weighted by molar-refractivity contribution is 0.600. The Balaban J connectivity index is 2.10. The zero-order valence-corrected chi connectivity index (χ0v) is 12.2. The molecule has 4 nitrogen and oxygen atoms in total. The van der Waals surface area contributed by atoms with Crippen LogP contribution in [0.3, 0.4) is 0 Å². The zero-order chi connectivity index (χ0) is 14.4. The Bertz CT molecular complexity index is 655. The first-order valence-electron chi connectivity index (χ1n) is 6.37. The lowest BCUT2D eigenvalue weighted by Gasteiger charge is -2.09. The summed E-state index contributed by atoms with van der Waals surface area (Å²) >= 11 is 0. The summed E-state index contributed by atoms with van der Waals surface area (Å²) < 4.78 is 26.8. The van der Waals surface area contributed by atoms with Gasteiger partial charge in [0.25, 0.3) is 0 Å². The van der Waals surface area contributed by atoms with Crippen LogP contribution in [0.15, 0.2) is 54.6 Å². The van der Waals surface area contributed by atoms with Gasteiger partial charge in [-0.25, -0.2) is 8.42 Å². The Hall–Kier alpha value is -1.85. The molecule has 0 heterocycles. The number of nitrogens with one attached hydrogen (secondary N) is 2. The summed E-state index contributed by atoms with van der Waals surface area (Å²) in [7, 11) is -1.53. The molecule has 2 aromatic carbocycles. The number of hydrogen-bond donors (Lipinski definition) is 2. The first-order valence-corrected chi connectivity index (χ1v) is 8.02. The molecule has 106 valence electrons. The van der Waals surface area contributed by atoms with Crippen molar-refractivity contribution in [2.75, 3.05) is 11.8 Å². The Labute approximate surface area is 119 Å². The standard InChI is InChI=1S/C15H18N2O2S/c1-16-11-13-6-5-7-14(10-13)12-20(18,19)17-15-8-3-2-4-9-15/h2-10,16-17H,11-12H2,1H3. The van der Waals surface area contributed by atoms with Crippen LogP contribution >= 0.6 is 0 Å². The molecule has 0 aromatic heterocycles. The molecule has 0 unspecified atom stereocenters. The predicted octanol–water partition coefficient (Wildman–Crippen LogP) is 2.35. The maximum absolute atomic E-state index is 12.1. The van der Waals surface area contributed by atoms with Crippen molar-refractivity contribution in [1.82, 2.24) is 5.32 Å². The summed E-state index contributed by atoms with van der Waals surface area (Å²) in [5.74, 6) is -0.0283. The molecule has 2 N–H and O–H groups in total. The number of sulfonamides is 1. The minimum Gasteiger partial charge on any atom is -0.316 e. The van der Waals surface area contributed by atoms with Crippen molar-refractivity contribution in [1.29, 1.82) is 0 Å². The zero-order valence-electron chi connectivity index (χ0n) is 11.3. The van der Waals surface area contributed by atoms with Gasteiger partial charge >= 0.3 is 0 Å². The van der Waals surface area contributed by atoms with Crippen molar-refractivity contribution in [2.45, 2.75) is 12.3 Å². The van der Waals surface area contributed by atoms with Crippen LogP contribution in [0.1, 0.15) is 11.1 Å². The van der Waals surface area contributed by atoms with Gasteiger partial charge in [0.1, 0.15) is 0 Å². The molecule has 20 heavy (non-hydrogen) atoms. The highest BCUT2D eigenvalue weighted by molar-refractivity contribution is 7.91. The topological polar surface area (TPSA) is 58.2 Å². The molecule has 0 aliphatic carbocycles. The molecule has 0 fully saturated rings. The van der Waals surface area contributed by atoms with Gasteiger partial charge in [-0.1, -0.05) is 42.5 Å². The molecule has 0 amide bonds. The molecule has 0 radical (unpaired) electrons. The summed E-state index contributed by atoms with van der Waals surface area (Å²) in [6.45, 7) is 0.722. The molecule has 0 bridgehead atoms. The van der Waals surface area contributed by atoms with Gasteiger partial charge in [-0.2, -0.15) is 0 Å². The summed E-state index contributed by atoms with van der Waals surface area (Å²) in [6, 6.07) is 16.5. The minimum atomic E-state index is -3.39. The van der Waals surface area contributed by atoms with Gasteiger partial charge in [0.15, 0.2) is 0 Å². The Kier molecular flexibility index (Phi) is 4.76. The minimum absolute atomic E-state index is 0.0283. The molecular weight excluding hydrogens is 272 g/mol. The van der Waals surface area contributed by atoms with Gasteiger partial charge in [-0.3, -0.25) is 4.72 Å². The van der Waals surface area contributed by atoms with Gasteiger partial charge in [-0.05, 0) is 30.3 Å². The molecule has 2 aromatic rings. The van der Waals surface area contributed by atoms with E-state index in [1.165, 1.54) is 0 Å². The van der Waals surface area contributed by atoms with E-state index in [0.29, 0.717) is 5.69 Å². The van der Waals surface area contributed by atoms with Crippen molar-refractivity contribution in [3.8, 4) is 0 Å². The van der Waals surface area contributed by atoms with Gasteiger partial charge < -0.3 is 5.32 Å². The van der Waals surface area contributed by atoms with Crippen molar-refractivity contribution in [3.63, 3.8) is 0 Å². The second-order valence-corrected chi connectivity index (χ2v) is 6.30. The van der Waals surface area contributed by atoms with Crippen LogP contribution in [0, 0.1) is 0 Å². The van der Waals surface area contributed by atoms with Crippen LogP contribution in [0.25, 0.3) is 0 Å². The van der Waals surface area contributed by atoms with Crippen LogP contribution < -0.4 is 10.0 Å². The highest BCUT2D eigenvalue weighted by Gasteiger charge is 2.11. The van der Waals surface area contributed by atoms with E-state index in [9.17, 15) is 8.42 Å². The van der Waals surface area contributed by atoms with Gasteiger partial charge in [0, 0.05) is 12.2 Å². The maximum Gasteiger partial charge on any atom is 0.236 e. The predicted molar refractivity (Wildman–Crippen MR) is 81.9 cm³/mol. The smallest absolute Gasteiger partial charge is 0.236 e. The third-order valence-corrected chi connectivity index (χ3v) is 4.04. The molecule has 0 spiro atoms. The number of hydrogen-bond acceptors (Lipinski definition) is 3. The Morgan fingerprint density at radius 3 is 2.35 bits per heavy atom. The summed E-state index contributed by atoms with van der Waals surface area (Å²) in [6.07, 6.45) is 0. The number of para-hydroxylation sites is 1. The molecule has 0 atom stereocenters. The van der Waals surface area contributed by atoms with Crippen LogP contribution in [0.2, 0.25) is 0 Å². The Morgan fingerprint density at radius 2 is 1.65 bits per heavy atom. The first-order chi connectivity index (χ1) is 9.59. The summed E-state index contributed by atoms with van der Waals surface area (Å²) in [5, 5.41) is 3.05. The van der Waals surface area contributed by atoms with Crippen molar-refractivity contribution >= 4 is 15.7 Å². The van der Waals surface area contributed by atoms with Crippen LogP contribution in [0.4, 0.5) is 5.69 Å². The molecular formula is C15H18N2O2S. The lowest BCUT2D eigenvalue weighted by atomic mass is 10.1. The highest BCUT2D eigenvalue weighted by atomic mass is 32.2. The van der Waals surface area contributed by atoms with Gasteiger partial charge in [0.05, 0.1) is 5.75 Å². The fraction of sp³-hybridized carbons (Fsp3) is 0.200. The first kappa shape index (κ1) is 14.6. The van der Waals surface area contributed by atoms with E-state index in [0.717, 1.165) is 17.7 Å². The summed E-state index contributed by atoms with van der Waals surface area (Å²) in [4.78, 5) is 0. The van der Waals surface area contributed by atoms with E-state index in [2.05, 4.69) is 10.0 Å². The second-order valence-electron chi connectivity index (χ2n) is 4.58. The molecule has 2 rings (SSSR count). The average Bonchev–Trinajstić information content (AvgIpc) is 2.39. The number of benzene rings is 2. The van der Waals surface area contributed by atoms with E-state index in [4.69, 9.17) is 0 Å². The van der Waals surface area contributed by atoms with E-state index in [1.807, 2.05) is 37.4 Å². The number of anilines is 1. The number of rotatable bonds is 6. The van der Waals surface area contributed by atoms with Crippen LogP contribution in [0.5, 0.6) is 0 Å². The van der Waals surface area contributed by atoms with Crippen molar-refractivity contribution in [3.05, 3.63) is 65.7 Å². The normalized spacial score (nSPS) is 11.2. The van der Waals surface area contributed by atoms with Crippen LogP contribution in [-0.2, 0) is 22.3 Å². The fourth-order valence-corrected chi connectivity index (χ4v) is 3.16. The van der Waals surface area contributed by atoms with E-state index >= 15 is 0 Å². The quantitative estimate of drug-likeness (QED) is 0.858. The van der Waals surface area contributed by atoms with Gasteiger partial charge in [0.2, 0.25) is 10.0 Å². The van der Waals surface area contributed by atoms with Crippen molar-refractivity contribution in [2.24, 2.45) is 0 Å². The SMILES string of the molecule is CNCc1cccc(CS(=O)(=O)Nc2ccccc2)c1. The summed E-state index contributed by atoms with van der Waals surface area (Å²) in [5.41, 5.74) is 2.43. The van der Waals surface area contributed by atoms with Gasteiger partial charge in [-0.15, -0.1) is 0 Å². The second kappa shape index (κ2) is 6.54. The van der Waals surface area contributed by atoms with E-state index < -0.39 is 10.0 Å². The third-order valence-electron chi connectivity index (χ3n) is 2.78. The molecule has 0 aliphatic rings. The maximum atomic E-state index is 12.1. The highest BCUT2D eigenvalue weighted by Crippen LogP contribution is 2.13. The molecule has 0 saturated heterocycles. The molecule has 0 aliphatic heterocycles. The molecule has 5 heteroatoms. The lowest BCUT2D eigenvalue weighted by Crippen LogP contribution is -2.15. The average molecular weight is 290 g/mol. The monoisotopic (exact) mass is 290 g/mol. The largest absolute Gasteiger partial charge is 0.316 e. The third kappa shape index (κ3) is 4.36. The van der Waals surface area contributed by atoms with Crippen molar-refractivity contribution < 1.29 is 8.42 Å². The Morgan fingerprint density at radius 1 is 0.950 bits per heavy atom. The fourth-order valence-electron chi connectivity index (χ4n) is 1.97. The van der Waals surface area contributed by atoms with E-state index in [1.54, 1.807) is 24.3 Å². The molecule has 0 saturated carbocycles. The van der Waals surface area contributed by atoms with E-state index in [-0.39, 0.29) is 5.75 Å². The van der Waals surface area contributed by atoms with Crippen LogP contribution in [-0.4, -0.2) is 15.5 Å².